The fourth-order valence-electron chi connectivity index (χ4n) is 3.54. The van der Waals surface area contributed by atoms with E-state index in [-0.39, 0.29) is 6.29 Å². The second kappa shape index (κ2) is 8.47. The lowest BCUT2D eigenvalue weighted by Crippen LogP contribution is -2.58. The summed E-state index contributed by atoms with van der Waals surface area (Å²) in [6, 6.07) is 0. The lowest BCUT2D eigenvalue weighted by atomic mass is 10.1. The second-order valence-electron chi connectivity index (χ2n) is 8.16. The molecule has 0 atom stereocenters. The van der Waals surface area contributed by atoms with E-state index in [2.05, 4.69) is 67.8 Å². The molecule has 0 amide bonds. The van der Waals surface area contributed by atoms with E-state index in [1.807, 2.05) is 0 Å². The zero-order chi connectivity index (χ0) is 17.7. The molecule has 0 spiro atoms. The van der Waals surface area contributed by atoms with Gasteiger partial charge in [-0.15, -0.1) is 0 Å². The summed E-state index contributed by atoms with van der Waals surface area (Å²) >= 11 is 0. The maximum atomic E-state index is 5.33. The highest BCUT2D eigenvalue weighted by molar-refractivity contribution is 6.90. The van der Waals surface area contributed by atoms with Crippen LogP contribution in [-0.2, 0) is 9.47 Å². The molecule has 0 radical (unpaired) electrons. The molecule has 0 N–H and O–H groups in total. The minimum absolute atomic E-state index is 0.111. The Morgan fingerprint density at radius 1 is 0.957 bits per heavy atom. The average Bonchev–Trinajstić information content (AvgIpc) is 2.62. The van der Waals surface area contributed by atoms with Crippen molar-refractivity contribution >= 4 is 16.5 Å². The first-order valence-corrected chi connectivity index (χ1v) is 15.4. The third-order valence-electron chi connectivity index (χ3n) is 4.00. The molecule has 1 aliphatic rings. The van der Waals surface area contributed by atoms with Gasteiger partial charge in [-0.3, -0.25) is 0 Å². The first-order chi connectivity index (χ1) is 10.6. The van der Waals surface area contributed by atoms with Crippen molar-refractivity contribution in [2.75, 3.05) is 14.2 Å². The van der Waals surface area contributed by atoms with E-state index in [0.29, 0.717) is 0 Å². The van der Waals surface area contributed by atoms with Crippen LogP contribution in [0.4, 0.5) is 0 Å². The van der Waals surface area contributed by atoms with Gasteiger partial charge in [-0.2, -0.15) is 0 Å². The Morgan fingerprint density at radius 2 is 1.48 bits per heavy atom. The quantitative estimate of drug-likeness (QED) is 0.446. The molecule has 0 heterocycles. The highest BCUT2D eigenvalue weighted by Crippen LogP contribution is 2.31. The molecule has 0 unspecified atom stereocenters. The van der Waals surface area contributed by atoms with Gasteiger partial charge in [0.05, 0.1) is 0 Å². The van der Waals surface area contributed by atoms with Crippen molar-refractivity contribution in [3.8, 4) is 0 Å². The zero-order valence-corrected chi connectivity index (χ0v) is 18.3. The smallest absolute Gasteiger partial charge is 0.157 e. The molecule has 0 bridgehead atoms. The van der Waals surface area contributed by atoms with Crippen LogP contribution in [-0.4, -0.2) is 41.2 Å². The molecule has 0 aliphatic heterocycles. The van der Waals surface area contributed by atoms with Gasteiger partial charge < -0.3 is 13.7 Å². The van der Waals surface area contributed by atoms with E-state index in [9.17, 15) is 0 Å². The molecule has 1 rings (SSSR count). The first kappa shape index (κ1) is 20.4. The van der Waals surface area contributed by atoms with Crippen LogP contribution in [0, 0.1) is 0 Å². The first-order valence-electron chi connectivity index (χ1n) is 8.50. The summed E-state index contributed by atoms with van der Waals surface area (Å²) in [5.74, 6) is 0. The molecule has 3 nitrogen and oxygen atoms in total. The number of rotatable bonds is 8. The van der Waals surface area contributed by atoms with Gasteiger partial charge in [-0.05, 0) is 12.5 Å². The van der Waals surface area contributed by atoms with E-state index >= 15 is 0 Å². The molecule has 0 aromatic heterocycles. The Morgan fingerprint density at radius 3 is 1.96 bits per heavy atom. The minimum atomic E-state index is -1.40. The van der Waals surface area contributed by atoms with E-state index in [0.717, 1.165) is 19.3 Å². The van der Waals surface area contributed by atoms with Crippen molar-refractivity contribution in [1.29, 1.82) is 0 Å². The molecule has 0 saturated carbocycles. The number of ether oxygens (including phenoxy) is 2. The van der Waals surface area contributed by atoms with Gasteiger partial charge in [0, 0.05) is 32.8 Å². The number of methoxy groups -OCH3 is 2. The zero-order valence-electron chi connectivity index (χ0n) is 16.3. The van der Waals surface area contributed by atoms with Gasteiger partial charge in [-0.25, -0.2) is 0 Å². The third-order valence-corrected chi connectivity index (χ3v) is 11.3. The minimum Gasteiger partial charge on any atom is -0.428 e. The Kier molecular flexibility index (Phi) is 7.52. The van der Waals surface area contributed by atoms with Gasteiger partial charge in [0.25, 0.3) is 0 Å². The normalized spacial score (nSPS) is 16.2. The van der Waals surface area contributed by atoms with Crippen molar-refractivity contribution in [3.63, 3.8) is 0 Å². The molecule has 0 aromatic carbocycles. The molecule has 23 heavy (non-hydrogen) atoms. The van der Waals surface area contributed by atoms with Crippen LogP contribution in [0.25, 0.3) is 0 Å². The van der Waals surface area contributed by atoms with Crippen LogP contribution < -0.4 is 0 Å². The topological polar surface area (TPSA) is 21.7 Å². The maximum Gasteiger partial charge on any atom is 0.157 e. The largest absolute Gasteiger partial charge is 0.428 e. The van der Waals surface area contributed by atoms with Gasteiger partial charge >= 0.3 is 0 Å². The number of hydrogen-bond acceptors (Lipinski definition) is 3. The number of allylic oxidation sites excluding steroid dienone is 5. The lowest BCUT2D eigenvalue weighted by molar-refractivity contribution is -0.105. The summed E-state index contributed by atoms with van der Waals surface area (Å²) in [7, 11) is 0.607. The van der Waals surface area contributed by atoms with Crippen molar-refractivity contribution in [3.05, 3.63) is 35.6 Å². The summed E-state index contributed by atoms with van der Waals surface area (Å²) in [4.78, 5) is 0. The van der Waals surface area contributed by atoms with Gasteiger partial charge in [0.1, 0.15) is 16.5 Å². The highest BCUT2D eigenvalue weighted by atomic mass is 28.4. The molecule has 0 saturated heterocycles. The Bertz CT molecular complexity index is 452. The lowest BCUT2D eigenvalue weighted by Gasteiger charge is -2.47. The van der Waals surface area contributed by atoms with E-state index in [1.54, 1.807) is 14.2 Å². The number of nitrogens with zero attached hydrogens (tertiary/aromatic N) is 1. The molecule has 132 valence electrons. The second-order valence-corrected chi connectivity index (χ2v) is 18.2. The predicted molar refractivity (Wildman–Crippen MR) is 105 cm³/mol. The average molecular weight is 354 g/mol. The summed E-state index contributed by atoms with van der Waals surface area (Å²) in [5, 5.41) is 0. The van der Waals surface area contributed by atoms with Gasteiger partial charge in [-0.1, -0.05) is 63.1 Å². The fraction of sp³-hybridized carbons (Fsp3) is 0.667. The SMILES string of the molecule is COC(CCC1=CC=CC=C(N([Si](C)(C)C)[Si](C)(C)C)C1)OC. The summed E-state index contributed by atoms with van der Waals surface area (Å²) in [6.07, 6.45) is 11.8. The van der Waals surface area contributed by atoms with Crippen LogP contribution >= 0.6 is 0 Å². The van der Waals surface area contributed by atoms with E-state index < -0.39 is 16.5 Å². The van der Waals surface area contributed by atoms with Crippen molar-refractivity contribution in [2.45, 2.75) is 64.8 Å². The monoisotopic (exact) mass is 353 g/mol. The van der Waals surface area contributed by atoms with E-state index in [1.165, 1.54) is 11.3 Å². The third kappa shape index (κ3) is 6.41. The van der Waals surface area contributed by atoms with E-state index in [4.69, 9.17) is 9.47 Å². The van der Waals surface area contributed by atoms with Crippen molar-refractivity contribution < 1.29 is 9.47 Å². The molecule has 1 aliphatic carbocycles. The molecule has 0 fully saturated rings. The number of hydrogen-bond donors (Lipinski definition) is 0. The molecule has 0 aromatic rings. The van der Waals surface area contributed by atoms with Crippen LogP contribution in [0.5, 0.6) is 0 Å². The van der Waals surface area contributed by atoms with Gasteiger partial charge in [0.2, 0.25) is 0 Å². The van der Waals surface area contributed by atoms with Crippen molar-refractivity contribution in [1.82, 2.24) is 4.23 Å². The van der Waals surface area contributed by atoms with Crippen LogP contribution in [0.3, 0.4) is 0 Å². The molecular formula is C18H35NO2Si2. The van der Waals surface area contributed by atoms with Crippen LogP contribution in [0.1, 0.15) is 19.3 Å². The van der Waals surface area contributed by atoms with Crippen molar-refractivity contribution in [2.24, 2.45) is 0 Å². The van der Waals surface area contributed by atoms with Gasteiger partial charge in [0.15, 0.2) is 6.29 Å². The fourth-order valence-corrected chi connectivity index (χ4v) is 13.6. The Hall–Kier alpha value is -0.626. The molecular weight excluding hydrogens is 318 g/mol. The van der Waals surface area contributed by atoms with Crippen LogP contribution in [0.15, 0.2) is 35.6 Å². The summed E-state index contributed by atoms with van der Waals surface area (Å²) in [5.41, 5.74) is 2.96. The maximum absolute atomic E-state index is 5.33. The Labute approximate surface area is 145 Å². The Balaban J connectivity index is 2.91. The summed E-state index contributed by atoms with van der Waals surface area (Å²) < 4.78 is 13.5. The summed E-state index contributed by atoms with van der Waals surface area (Å²) in [6.45, 7) is 14.7. The molecule has 5 heteroatoms. The predicted octanol–water partition coefficient (Wildman–Crippen LogP) is 5.13. The highest BCUT2D eigenvalue weighted by Gasteiger charge is 2.35. The standard InChI is InChI=1S/C18H35NO2Si2/c1-20-18(21-2)14-13-16-11-9-10-12-17(15-16)19(22(3,4)5)23(6,7)8/h9-12,18H,13-15H2,1-8H3. The van der Waals surface area contributed by atoms with Crippen LogP contribution in [0.2, 0.25) is 39.3 Å².